The minimum atomic E-state index is -0.340. The number of rotatable bonds is 9. The fourth-order valence-electron chi connectivity index (χ4n) is 5.13. The van der Waals surface area contributed by atoms with Gasteiger partial charge < -0.3 is 14.1 Å². The van der Waals surface area contributed by atoms with E-state index in [-0.39, 0.29) is 23.6 Å². The number of carbonyl (C=O) groups is 1. The maximum absolute atomic E-state index is 13.5. The van der Waals surface area contributed by atoms with Crippen LogP contribution in [0.5, 0.6) is 5.75 Å². The zero-order valence-electron chi connectivity index (χ0n) is 21.0. The fraction of sp³-hybridized carbons (Fsp3) is 0.414. The average Bonchev–Trinajstić information content (AvgIpc) is 3.43. The molecule has 1 aliphatic heterocycles. The lowest BCUT2D eigenvalue weighted by Gasteiger charge is -2.30. The number of likely N-dealkylation sites (tertiary alicyclic amines) is 1. The Kier molecular flexibility index (Phi) is 7.91. The number of ether oxygens (including phenoxy) is 1. The molecule has 0 radical (unpaired) electrons. The first-order valence-corrected chi connectivity index (χ1v) is 12.3. The smallest absolute Gasteiger partial charge is 0.253 e. The second-order valence-electron chi connectivity index (χ2n) is 9.93. The predicted molar refractivity (Wildman–Crippen MR) is 135 cm³/mol. The normalized spacial score (nSPS) is 18.2. The van der Waals surface area contributed by atoms with Gasteiger partial charge in [0.05, 0.1) is 13.7 Å². The van der Waals surface area contributed by atoms with E-state index < -0.39 is 0 Å². The Morgan fingerprint density at radius 1 is 1.11 bits per heavy atom. The first-order valence-electron chi connectivity index (χ1n) is 12.3. The number of carbonyl (C=O) groups excluding carboxylic acids is 1. The molecule has 1 aliphatic rings. The van der Waals surface area contributed by atoms with Gasteiger partial charge in [0.15, 0.2) is 0 Å². The van der Waals surface area contributed by atoms with Crippen molar-refractivity contribution < 1.29 is 18.3 Å². The molecule has 2 atom stereocenters. The zero-order valence-corrected chi connectivity index (χ0v) is 21.0. The molecule has 0 unspecified atom stereocenters. The van der Waals surface area contributed by atoms with Crippen molar-refractivity contribution in [1.82, 2.24) is 9.80 Å². The van der Waals surface area contributed by atoms with E-state index in [0.29, 0.717) is 24.6 Å². The number of para-hydroxylation sites is 1. The van der Waals surface area contributed by atoms with Gasteiger partial charge in [-0.05, 0) is 66.8 Å². The van der Waals surface area contributed by atoms with Gasteiger partial charge >= 0.3 is 0 Å². The third-order valence-electron chi connectivity index (χ3n) is 6.65. The standard InChI is InChI=1S/C29H35FN2O3/c1-20(2)15-32(29(33)22-10-12-24(30)13-11-22)17-23-16-31(18-25-14-9-21(3)35-25)19-27(23)26-7-5-6-8-28(26)34-4/h5-14,20,23,27H,15-19H2,1-4H3/t23-,27+/m1/s1. The summed E-state index contributed by atoms with van der Waals surface area (Å²) in [5.74, 6) is 3.06. The van der Waals surface area contributed by atoms with Gasteiger partial charge in [0, 0.05) is 37.7 Å². The predicted octanol–water partition coefficient (Wildman–Crippen LogP) is 5.75. The summed E-state index contributed by atoms with van der Waals surface area (Å²) in [7, 11) is 1.70. The molecular weight excluding hydrogens is 443 g/mol. The maximum Gasteiger partial charge on any atom is 0.253 e. The summed E-state index contributed by atoms with van der Waals surface area (Å²) < 4.78 is 25.0. The van der Waals surface area contributed by atoms with Crippen LogP contribution in [0.1, 0.15) is 47.2 Å². The van der Waals surface area contributed by atoms with Gasteiger partial charge in [0.1, 0.15) is 23.1 Å². The lowest BCUT2D eigenvalue weighted by atomic mass is 9.87. The number of aryl methyl sites for hydroxylation is 1. The third kappa shape index (κ3) is 6.12. The maximum atomic E-state index is 13.5. The summed E-state index contributed by atoms with van der Waals surface area (Å²) in [6.45, 7) is 9.86. The molecule has 1 saturated heterocycles. The lowest BCUT2D eigenvalue weighted by molar-refractivity contribution is 0.0702. The Labute approximate surface area is 207 Å². The molecule has 2 aromatic carbocycles. The summed E-state index contributed by atoms with van der Waals surface area (Å²) >= 11 is 0. The van der Waals surface area contributed by atoms with Gasteiger partial charge in [-0.3, -0.25) is 9.69 Å². The molecule has 4 rings (SSSR count). The van der Waals surface area contributed by atoms with Crippen molar-refractivity contribution in [2.75, 3.05) is 33.3 Å². The van der Waals surface area contributed by atoms with Crippen LogP contribution in [-0.2, 0) is 6.54 Å². The largest absolute Gasteiger partial charge is 0.496 e. The SMILES string of the molecule is COc1ccccc1[C@H]1CN(Cc2ccc(C)o2)C[C@@H]1CN(CC(C)C)C(=O)c1ccc(F)cc1. The first kappa shape index (κ1) is 25.0. The van der Waals surface area contributed by atoms with E-state index in [0.717, 1.165) is 42.5 Å². The van der Waals surface area contributed by atoms with Crippen LogP contribution in [0.4, 0.5) is 4.39 Å². The molecule has 0 saturated carbocycles. The van der Waals surface area contributed by atoms with Gasteiger partial charge in [0.25, 0.3) is 5.91 Å². The van der Waals surface area contributed by atoms with Crippen LogP contribution in [0.15, 0.2) is 65.1 Å². The van der Waals surface area contributed by atoms with E-state index in [4.69, 9.17) is 9.15 Å². The summed E-state index contributed by atoms with van der Waals surface area (Å²) in [5.41, 5.74) is 1.68. The Balaban J connectivity index is 1.61. The van der Waals surface area contributed by atoms with Gasteiger partial charge in [-0.2, -0.15) is 0 Å². The number of amides is 1. The Bertz CT molecular complexity index is 1120. The molecule has 1 fully saturated rings. The van der Waals surface area contributed by atoms with Crippen LogP contribution < -0.4 is 4.74 Å². The van der Waals surface area contributed by atoms with E-state index in [1.807, 2.05) is 42.2 Å². The number of furan rings is 1. The Morgan fingerprint density at radius 2 is 1.86 bits per heavy atom. The summed E-state index contributed by atoms with van der Waals surface area (Å²) in [6.07, 6.45) is 0. The van der Waals surface area contributed by atoms with Crippen molar-refractivity contribution in [3.05, 3.63) is 89.1 Å². The molecule has 0 N–H and O–H groups in total. The molecule has 1 aromatic heterocycles. The minimum Gasteiger partial charge on any atom is -0.496 e. The van der Waals surface area contributed by atoms with Crippen LogP contribution in [0, 0.1) is 24.6 Å². The number of benzene rings is 2. The molecule has 0 aliphatic carbocycles. The molecular formula is C29H35FN2O3. The van der Waals surface area contributed by atoms with E-state index in [1.165, 1.54) is 12.1 Å². The molecule has 0 bridgehead atoms. The topological polar surface area (TPSA) is 45.9 Å². The van der Waals surface area contributed by atoms with E-state index in [9.17, 15) is 9.18 Å². The highest BCUT2D eigenvalue weighted by Crippen LogP contribution is 2.38. The van der Waals surface area contributed by atoms with Crippen molar-refractivity contribution in [3.63, 3.8) is 0 Å². The van der Waals surface area contributed by atoms with Crippen molar-refractivity contribution >= 4 is 5.91 Å². The second-order valence-corrected chi connectivity index (χ2v) is 9.93. The number of halogens is 1. The molecule has 0 spiro atoms. The highest BCUT2D eigenvalue weighted by molar-refractivity contribution is 5.94. The molecule has 2 heterocycles. The van der Waals surface area contributed by atoms with E-state index >= 15 is 0 Å². The van der Waals surface area contributed by atoms with Gasteiger partial charge in [-0.1, -0.05) is 32.0 Å². The molecule has 1 amide bonds. The van der Waals surface area contributed by atoms with Crippen LogP contribution in [0.25, 0.3) is 0 Å². The van der Waals surface area contributed by atoms with Crippen LogP contribution in [0.3, 0.4) is 0 Å². The first-order chi connectivity index (χ1) is 16.8. The average molecular weight is 479 g/mol. The zero-order chi connectivity index (χ0) is 24.9. The number of methoxy groups -OCH3 is 1. The molecule has 3 aromatic rings. The van der Waals surface area contributed by atoms with Crippen molar-refractivity contribution in [1.29, 1.82) is 0 Å². The highest BCUT2D eigenvalue weighted by atomic mass is 19.1. The van der Waals surface area contributed by atoms with Crippen molar-refractivity contribution in [3.8, 4) is 5.75 Å². The molecule has 6 heteroatoms. The van der Waals surface area contributed by atoms with Crippen LogP contribution >= 0.6 is 0 Å². The third-order valence-corrected chi connectivity index (χ3v) is 6.65. The second kappa shape index (κ2) is 11.1. The Hall–Kier alpha value is -3.12. The number of hydrogen-bond acceptors (Lipinski definition) is 4. The molecule has 35 heavy (non-hydrogen) atoms. The van der Waals surface area contributed by atoms with E-state index in [1.54, 1.807) is 19.2 Å². The molecule has 186 valence electrons. The van der Waals surface area contributed by atoms with Crippen molar-refractivity contribution in [2.24, 2.45) is 11.8 Å². The van der Waals surface area contributed by atoms with Crippen molar-refractivity contribution in [2.45, 2.75) is 33.2 Å². The van der Waals surface area contributed by atoms with E-state index in [2.05, 4.69) is 24.8 Å². The Morgan fingerprint density at radius 3 is 2.51 bits per heavy atom. The van der Waals surface area contributed by atoms with Gasteiger partial charge in [-0.15, -0.1) is 0 Å². The summed E-state index contributed by atoms with van der Waals surface area (Å²) in [4.78, 5) is 17.8. The lowest BCUT2D eigenvalue weighted by Crippen LogP contribution is -2.39. The quantitative estimate of drug-likeness (QED) is 0.393. The van der Waals surface area contributed by atoms with Gasteiger partial charge in [0.2, 0.25) is 0 Å². The summed E-state index contributed by atoms with van der Waals surface area (Å²) in [6, 6.07) is 18.0. The van der Waals surface area contributed by atoms with Crippen LogP contribution in [-0.4, -0.2) is 49.0 Å². The monoisotopic (exact) mass is 478 g/mol. The number of hydrogen-bond donors (Lipinski definition) is 0. The fourth-order valence-corrected chi connectivity index (χ4v) is 5.13. The van der Waals surface area contributed by atoms with Crippen LogP contribution in [0.2, 0.25) is 0 Å². The number of nitrogens with zero attached hydrogens (tertiary/aromatic N) is 2. The minimum absolute atomic E-state index is 0.0578. The molecule has 5 nitrogen and oxygen atoms in total. The van der Waals surface area contributed by atoms with Gasteiger partial charge in [-0.25, -0.2) is 4.39 Å². The highest BCUT2D eigenvalue weighted by Gasteiger charge is 2.37. The summed E-state index contributed by atoms with van der Waals surface area (Å²) in [5, 5.41) is 0.